The molecule has 4 rings (SSSR count). The van der Waals surface area contributed by atoms with Gasteiger partial charge in [-0.2, -0.15) is 0 Å². The number of aryl methyl sites for hydroxylation is 2. The van der Waals surface area contributed by atoms with E-state index in [0.29, 0.717) is 11.7 Å². The molecule has 0 saturated carbocycles. The van der Waals surface area contributed by atoms with Crippen LogP contribution in [0.4, 0.5) is 11.5 Å². The Morgan fingerprint density at radius 2 is 1.79 bits per heavy atom. The third-order valence-electron chi connectivity index (χ3n) is 5.26. The Balaban J connectivity index is 1.45. The fourth-order valence-electron chi connectivity index (χ4n) is 3.63. The number of benzene rings is 2. The molecule has 4 nitrogen and oxygen atoms in total. The zero-order valence-corrected chi connectivity index (χ0v) is 17.3. The number of fused-ring (bicyclic) bond motifs is 1. The summed E-state index contributed by atoms with van der Waals surface area (Å²) in [6.07, 6.45) is 2.52. The molecule has 3 aromatic rings. The molecule has 2 aromatic carbocycles. The lowest BCUT2D eigenvalue weighted by Gasteiger charge is -2.18. The van der Waals surface area contributed by atoms with E-state index in [4.69, 9.17) is 17.2 Å². The van der Waals surface area contributed by atoms with Crippen LogP contribution in [0.15, 0.2) is 48.5 Å². The second kappa shape index (κ2) is 8.15. The first-order valence-corrected chi connectivity index (χ1v) is 10.3. The van der Waals surface area contributed by atoms with Gasteiger partial charge in [-0.1, -0.05) is 29.8 Å². The van der Waals surface area contributed by atoms with Gasteiger partial charge in [-0.05, 0) is 74.3 Å². The average Bonchev–Trinajstić information content (AvgIpc) is 3.23. The number of hydrogen-bond donors (Lipinski definition) is 2. The van der Waals surface area contributed by atoms with Crippen LogP contribution in [-0.4, -0.2) is 23.2 Å². The van der Waals surface area contributed by atoms with Crippen LogP contribution in [0.3, 0.4) is 0 Å². The number of rotatable bonds is 4. The smallest absolute Gasteiger partial charge is 0.171 e. The topological polar surface area (TPSA) is 40.2 Å². The van der Waals surface area contributed by atoms with Crippen LogP contribution in [0.5, 0.6) is 0 Å². The van der Waals surface area contributed by atoms with Gasteiger partial charge >= 0.3 is 0 Å². The van der Waals surface area contributed by atoms with E-state index in [-0.39, 0.29) is 0 Å². The van der Waals surface area contributed by atoms with E-state index in [1.165, 1.54) is 29.5 Å². The van der Waals surface area contributed by atoms with E-state index in [1.807, 2.05) is 6.07 Å². The Bertz CT molecular complexity index is 991. The summed E-state index contributed by atoms with van der Waals surface area (Å²) in [7, 11) is 0. The predicted octanol–water partition coefficient (Wildman–Crippen LogP) is 4.94. The first-order valence-electron chi connectivity index (χ1n) is 9.85. The summed E-state index contributed by atoms with van der Waals surface area (Å²) in [4.78, 5) is 7.25. The Morgan fingerprint density at radius 1 is 1.04 bits per heavy atom. The minimum Gasteiger partial charge on any atom is -0.358 e. The van der Waals surface area contributed by atoms with Gasteiger partial charge in [-0.3, -0.25) is 0 Å². The number of aromatic nitrogens is 1. The fraction of sp³-hybridized carbons (Fsp3) is 0.304. The molecule has 0 amide bonds. The number of nitrogens with zero attached hydrogens (tertiary/aromatic N) is 2. The predicted molar refractivity (Wildman–Crippen MR) is 122 cm³/mol. The normalized spacial score (nSPS) is 13.7. The monoisotopic (exact) mass is 390 g/mol. The summed E-state index contributed by atoms with van der Waals surface area (Å²) in [5.74, 6) is 1.10. The summed E-state index contributed by atoms with van der Waals surface area (Å²) in [6.45, 7) is 7.17. The first kappa shape index (κ1) is 18.7. The van der Waals surface area contributed by atoms with Crippen molar-refractivity contribution >= 4 is 39.7 Å². The van der Waals surface area contributed by atoms with E-state index in [9.17, 15) is 0 Å². The average molecular weight is 391 g/mol. The number of thiocarbonyl (C=S) groups is 1. The SMILES string of the molecule is Cc1ccc(CNC(=S)Nc2ccc3nc(N4CCCC4)cc(C)c3c2)cc1. The molecule has 0 bridgehead atoms. The number of pyridine rings is 1. The van der Waals surface area contributed by atoms with Crippen molar-refractivity contribution in [2.24, 2.45) is 0 Å². The third kappa shape index (κ3) is 4.25. The van der Waals surface area contributed by atoms with Crippen molar-refractivity contribution in [3.63, 3.8) is 0 Å². The van der Waals surface area contributed by atoms with Gasteiger partial charge in [0.15, 0.2) is 5.11 Å². The maximum atomic E-state index is 5.47. The fourth-order valence-corrected chi connectivity index (χ4v) is 3.82. The largest absolute Gasteiger partial charge is 0.358 e. The van der Waals surface area contributed by atoms with Crippen LogP contribution in [0.25, 0.3) is 10.9 Å². The van der Waals surface area contributed by atoms with Gasteiger partial charge in [0.25, 0.3) is 0 Å². The van der Waals surface area contributed by atoms with Crippen molar-refractivity contribution in [3.05, 3.63) is 65.2 Å². The highest BCUT2D eigenvalue weighted by atomic mass is 32.1. The summed E-state index contributed by atoms with van der Waals surface area (Å²) < 4.78 is 0. The maximum absolute atomic E-state index is 5.47. The summed E-state index contributed by atoms with van der Waals surface area (Å²) in [5.41, 5.74) is 5.73. The molecular formula is C23H26N4S. The van der Waals surface area contributed by atoms with Gasteiger partial charge < -0.3 is 15.5 Å². The second-order valence-electron chi connectivity index (χ2n) is 7.52. The zero-order valence-electron chi connectivity index (χ0n) is 16.5. The summed E-state index contributed by atoms with van der Waals surface area (Å²) >= 11 is 5.47. The highest BCUT2D eigenvalue weighted by Crippen LogP contribution is 2.27. The zero-order chi connectivity index (χ0) is 19.5. The lowest BCUT2D eigenvalue weighted by molar-refractivity contribution is 0.925. The second-order valence-corrected chi connectivity index (χ2v) is 7.92. The Morgan fingerprint density at radius 3 is 2.54 bits per heavy atom. The van der Waals surface area contributed by atoms with Crippen LogP contribution in [-0.2, 0) is 6.54 Å². The van der Waals surface area contributed by atoms with Gasteiger partial charge in [-0.15, -0.1) is 0 Å². The van der Waals surface area contributed by atoms with Gasteiger partial charge in [0.2, 0.25) is 0 Å². The van der Waals surface area contributed by atoms with E-state index < -0.39 is 0 Å². The number of hydrogen-bond acceptors (Lipinski definition) is 3. The van der Waals surface area contributed by atoms with Crippen LogP contribution in [0, 0.1) is 13.8 Å². The molecule has 5 heteroatoms. The molecule has 1 aromatic heterocycles. The summed E-state index contributed by atoms with van der Waals surface area (Å²) in [6, 6.07) is 16.9. The van der Waals surface area contributed by atoms with Crippen molar-refractivity contribution in [1.82, 2.24) is 10.3 Å². The number of nitrogens with one attached hydrogen (secondary N) is 2. The molecule has 0 spiro atoms. The molecule has 1 aliphatic rings. The van der Waals surface area contributed by atoms with E-state index in [1.54, 1.807) is 0 Å². The highest BCUT2D eigenvalue weighted by molar-refractivity contribution is 7.80. The summed E-state index contributed by atoms with van der Waals surface area (Å²) in [5, 5.41) is 8.35. The van der Waals surface area contributed by atoms with Crippen LogP contribution >= 0.6 is 12.2 Å². The molecule has 28 heavy (non-hydrogen) atoms. The molecule has 1 saturated heterocycles. The molecule has 0 radical (unpaired) electrons. The standard InChI is InChI=1S/C23H26N4S/c1-16-5-7-18(8-6-16)15-24-23(28)25-19-9-10-21-20(14-19)17(2)13-22(26-21)27-11-3-4-12-27/h5-10,13-14H,3-4,11-12,15H2,1-2H3,(H2,24,25,28). The Labute approximate surface area is 172 Å². The van der Waals surface area contributed by atoms with Gasteiger partial charge in [0.05, 0.1) is 5.52 Å². The molecular weight excluding hydrogens is 364 g/mol. The molecule has 0 unspecified atom stereocenters. The minimum atomic E-state index is 0.624. The lowest BCUT2D eigenvalue weighted by Crippen LogP contribution is -2.27. The van der Waals surface area contributed by atoms with Gasteiger partial charge in [0.1, 0.15) is 5.82 Å². The van der Waals surface area contributed by atoms with Crippen LogP contribution < -0.4 is 15.5 Å². The van der Waals surface area contributed by atoms with E-state index >= 15 is 0 Å². The van der Waals surface area contributed by atoms with Crippen LogP contribution in [0.2, 0.25) is 0 Å². The first-order chi connectivity index (χ1) is 13.6. The molecule has 2 heterocycles. The molecule has 0 aliphatic carbocycles. The molecule has 2 N–H and O–H groups in total. The van der Waals surface area contributed by atoms with Crippen LogP contribution in [0.1, 0.15) is 29.5 Å². The van der Waals surface area contributed by atoms with Crippen molar-refractivity contribution in [2.45, 2.75) is 33.2 Å². The van der Waals surface area contributed by atoms with Crippen molar-refractivity contribution in [2.75, 3.05) is 23.3 Å². The molecule has 1 fully saturated rings. The third-order valence-corrected chi connectivity index (χ3v) is 5.51. The number of anilines is 2. The quantitative estimate of drug-likeness (QED) is 0.618. The van der Waals surface area contributed by atoms with Crippen molar-refractivity contribution in [3.8, 4) is 0 Å². The van der Waals surface area contributed by atoms with Gasteiger partial charge in [-0.25, -0.2) is 4.98 Å². The molecule has 144 valence electrons. The van der Waals surface area contributed by atoms with Gasteiger partial charge in [0, 0.05) is 30.7 Å². The van der Waals surface area contributed by atoms with E-state index in [0.717, 1.165) is 35.5 Å². The van der Waals surface area contributed by atoms with E-state index in [2.05, 4.69) is 71.8 Å². The molecule has 0 atom stereocenters. The minimum absolute atomic E-state index is 0.624. The molecule has 1 aliphatic heterocycles. The van der Waals surface area contributed by atoms with Crippen molar-refractivity contribution < 1.29 is 0 Å². The Kier molecular flexibility index (Phi) is 5.44. The highest BCUT2D eigenvalue weighted by Gasteiger charge is 2.15. The lowest BCUT2D eigenvalue weighted by atomic mass is 10.1. The van der Waals surface area contributed by atoms with Crippen molar-refractivity contribution in [1.29, 1.82) is 0 Å². The Hall–Kier alpha value is -2.66. The maximum Gasteiger partial charge on any atom is 0.171 e.